The molecule has 2 N–H and O–H groups in total. The van der Waals surface area contributed by atoms with Crippen molar-refractivity contribution in [2.75, 3.05) is 11.1 Å². The van der Waals surface area contributed by atoms with Gasteiger partial charge in [-0.25, -0.2) is 4.98 Å². The molecule has 2 aromatic heterocycles. The number of thioether (sulfide) groups is 1. The third-order valence-electron chi connectivity index (χ3n) is 5.41. The minimum atomic E-state index is -0.527. The van der Waals surface area contributed by atoms with E-state index in [0.717, 1.165) is 20.4 Å². The van der Waals surface area contributed by atoms with Gasteiger partial charge in [0.25, 0.3) is 11.6 Å². The molecule has 196 valence electrons. The highest BCUT2D eigenvalue weighted by Crippen LogP contribution is 2.27. The number of hydrogen-bond acceptors (Lipinski definition) is 9. The summed E-state index contributed by atoms with van der Waals surface area (Å²) in [6.45, 7) is 0.0390. The Bertz CT molecular complexity index is 1640. The van der Waals surface area contributed by atoms with Crippen LogP contribution in [0.15, 0.2) is 82.4 Å². The molecule has 11 nitrogen and oxygen atoms in total. The van der Waals surface area contributed by atoms with E-state index in [9.17, 15) is 19.7 Å². The number of fused-ring (bicyclic) bond motifs is 1. The van der Waals surface area contributed by atoms with Crippen molar-refractivity contribution in [1.29, 1.82) is 0 Å². The van der Waals surface area contributed by atoms with E-state index in [2.05, 4.69) is 41.7 Å². The van der Waals surface area contributed by atoms with E-state index in [4.69, 9.17) is 0 Å². The highest BCUT2D eigenvalue weighted by atomic mass is 79.9. The molecule has 0 aliphatic heterocycles. The summed E-state index contributed by atoms with van der Waals surface area (Å²) in [6, 6.07) is 20.4. The number of halogens is 1. The summed E-state index contributed by atoms with van der Waals surface area (Å²) in [5.41, 5.74) is 1.74. The largest absolute Gasteiger partial charge is 0.345 e. The third kappa shape index (κ3) is 6.30. The van der Waals surface area contributed by atoms with Gasteiger partial charge >= 0.3 is 0 Å². The van der Waals surface area contributed by atoms with Crippen LogP contribution in [0.2, 0.25) is 0 Å². The molecule has 2 amide bonds. The van der Waals surface area contributed by atoms with Crippen molar-refractivity contribution in [3.8, 4) is 5.69 Å². The Morgan fingerprint density at radius 1 is 1.03 bits per heavy atom. The molecule has 0 saturated heterocycles. The second kappa shape index (κ2) is 11.7. The highest BCUT2D eigenvalue weighted by molar-refractivity contribution is 9.10. The molecule has 2 heterocycles. The van der Waals surface area contributed by atoms with Gasteiger partial charge in [0.1, 0.15) is 0 Å². The lowest BCUT2D eigenvalue weighted by Crippen LogP contribution is -2.24. The molecular formula is C25H18BrN7O4S2. The van der Waals surface area contributed by atoms with E-state index in [-0.39, 0.29) is 29.5 Å². The minimum absolute atomic E-state index is 0.0390. The summed E-state index contributed by atoms with van der Waals surface area (Å²) in [5.74, 6) is -0.140. The highest BCUT2D eigenvalue weighted by Gasteiger charge is 2.18. The fraction of sp³-hybridized carbons (Fsp3) is 0.0800. The van der Waals surface area contributed by atoms with E-state index in [1.54, 1.807) is 4.57 Å². The number of non-ortho nitro benzene ring substituents is 1. The fourth-order valence-electron chi connectivity index (χ4n) is 3.56. The van der Waals surface area contributed by atoms with Gasteiger partial charge in [-0.15, -0.1) is 10.2 Å². The first-order valence-corrected chi connectivity index (χ1v) is 14.0. The quantitative estimate of drug-likeness (QED) is 0.129. The molecule has 39 heavy (non-hydrogen) atoms. The number of carbonyl (C=O) groups excluding carboxylic acids is 2. The van der Waals surface area contributed by atoms with Crippen LogP contribution in [0.3, 0.4) is 0 Å². The molecule has 14 heteroatoms. The molecule has 0 atom stereocenters. The van der Waals surface area contributed by atoms with Gasteiger partial charge in [-0.1, -0.05) is 51.2 Å². The number of nitrogens with zero attached hydrogens (tertiary/aromatic N) is 5. The summed E-state index contributed by atoms with van der Waals surface area (Å²) in [5, 5.41) is 26.0. The molecular weight excluding hydrogens is 606 g/mol. The van der Waals surface area contributed by atoms with Gasteiger partial charge in [0, 0.05) is 27.9 Å². The Balaban J connectivity index is 1.30. The number of nitro groups is 1. The molecule has 0 radical (unpaired) electrons. The molecule has 5 rings (SSSR count). The van der Waals surface area contributed by atoms with Gasteiger partial charge in [-0.3, -0.25) is 24.3 Å². The standard InChI is InChI=1S/C25H18BrN7O4S2/c26-16-7-11-17(12-8-16)32-21(13-27-23(35)15-5-9-18(10-6-15)33(36)37)30-31-25(32)38-14-22(34)29-24-28-19-3-1-2-4-20(19)39-24/h1-12H,13-14H2,(H,27,35)(H,28,29,34). The average Bonchev–Trinajstić information content (AvgIpc) is 3.54. The van der Waals surface area contributed by atoms with Gasteiger partial charge in [0.15, 0.2) is 16.1 Å². The molecule has 0 aliphatic rings. The first-order chi connectivity index (χ1) is 18.9. The first kappa shape index (κ1) is 26.5. The maximum Gasteiger partial charge on any atom is 0.269 e. The summed E-state index contributed by atoms with van der Waals surface area (Å²) >= 11 is 6.03. The van der Waals surface area contributed by atoms with Gasteiger partial charge in [-0.2, -0.15) is 0 Å². The topological polar surface area (TPSA) is 145 Å². The number of para-hydroxylation sites is 1. The zero-order chi connectivity index (χ0) is 27.4. The molecule has 0 saturated carbocycles. The van der Waals surface area contributed by atoms with Gasteiger partial charge in [0.2, 0.25) is 5.91 Å². The maximum atomic E-state index is 12.7. The van der Waals surface area contributed by atoms with Crippen molar-refractivity contribution in [3.63, 3.8) is 0 Å². The number of carbonyl (C=O) groups is 2. The van der Waals surface area contributed by atoms with Crippen molar-refractivity contribution < 1.29 is 14.5 Å². The van der Waals surface area contributed by atoms with Crippen LogP contribution in [0.25, 0.3) is 15.9 Å². The Kier molecular flexibility index (Phi) is 7.95. The van der Waals surface area contributed by atoms with Crippen LogP contribution in [0, 0.1) is 10.1 Å². The predicted molar refractivity (Wildman–Crippen MR) is 152 cm³/mol. The van der Waals surface area contributed by atoms with Crippen LogP contribution in [-0.2, 0) is 11.3 Å². The average molecular weight is 625 g/mol. The lowest BCUT2D eigenvalue weighted by atomic mass is 10.2. The third-order valence-corrected chi connectivity index (χ3v) is 7.81. The summed E-state index contributed by atoms with van der Waals surface area (Å²) in [6.07, 6.45) is 0. The van der Waals surface area contributed by atoms with E-state index < -0.39 is 10.8 Å². The van der Waals surface area contributed by atoms with Crippen molar-refractivity contribution in [1.82, 2.24) is 25.1 Å². The fourth-order valence-corrected chi connectivity index (χ4v) is 5.48. The monoisotopic (exact) mass is 623 g/mol. The number of anilines is 1. The SMILES string of the molecule is O=C(CSc1nnc(CNC(=O)c2ccc([N+](=O)[O-])cc2)n1-c1ccc(Br)cc1)Nc1nc2ccccc2s1. The second-order valence-corrected chi connectivity index (χ2v) is 10.9. The summed E-state index contributed by atoms with van der Waals surface area (Å²) in [4.78, 5) is 40.1. The van der Waals surface area contributed by atoms with Crippen molar-refractivity contribution >= 4 is 71.9 Å². The lowest BCUT2D eigenvalue weighted by Gasteiger charge is -2.11. The Morgan fingerprint density at radius 3 is 2.49 bits per heavy atom. The van der Waals surface area contributed by atoms with Crippen molar-refractivity contribution in [2.24, 2.45) is 0 Å². The molecule has 0 aliphatic carbocycles. The Labute approximate surface area is 237 Å². The van der Waals surface area contributed by atoms with E-state index in [0.29, 0.717) is 16.1 Å². The Hall–Kier alpha value is -4.14. The van der Waals surface area contributed by atoms with Gasteiger partial charge < -0.3 is 10.6 Å². The van der Waals surface area contributed by atoms with Crippen LogP contribution in [0.1, 0.15) is 16.2 Å². The predicted octanol–water partition coefficient (Wildman–Crippen LogP) is 5.21. The summed E-state index contributed by atoms with van der Waals surface area (Å²) < 4.78 is 3.63. The number of nitrogens with one attached hydrogen (secondary N) is 2. The molecule has 0 spiro atoms. The number of amides is 2. The number of aromatic nitrogens is 4. The van der Waals surface area contributed by atoms with Crippen LogP contribution in [0.5, 0.6) is 0 Å². The molecule has 3 aromatic carbocycles. The Morgan fingerprint density at radius 2 is 1.77 bits per heavy atom. The van der Waals surface area contributed by atoms with E-state index in [1.807, 2.05) is 48.5 Å². The molecule has 0 fully saturated rings. The minimum Gasteiger partial charge on any atom is -0.345 e. The van der Waals surface area contributed by atoms with Gasteiger partial charge in [0.05, 0.1) is 27.4 Å². The number of nitro benzene ring substituents is 1. The van der Waals surface area contributed by atoms with Crippen LogP contribution in [0.4, 0.5) is 10.8 Å². The molecule has 0 unspecified atom stereocenters. The molecule has 5 aromatic rings. The van der Waals surface area contributed by atoms with Crippen molar-refractivity contribution in [2.45, 2.75) is 11.7 Å². The smallest absolute Gasteiger partial charge is 0.269 e. The number of rotatable bonds is 9. The first-order valence-electron chi connectivity index (χ1n) is 11.4. The van der Waals surface area contributed by atoms with Crippen LogP contribution < -0.4 is 10.6 Å². The zero-order valence-electron chi connectivity index (χ0n) is 19.9. The summed E-state index contributed by atoms with van der Waals surface area (Å²) in [7, 11) is 0. The zero-order valence-corrected chi connectivity index (χ0v) is 23.1. The number of hydrogen-bond donors (Lipinski definition) is 2. The maximum absolute atomic E-state index is 12.7. The normalized spacial score (nSPS) is 10.9. The van der Waals surface area contributed by atoms with Crippen LogP contribution >= 0.6 is 39.0 Å². The second-order valence-electron chi connectivity index (χ2n) is 8.02. The van der Waals surface area contributed by atoms with E-state index in [1.165, 1.54) is 47.4 Å². The van der Waals surface area contributed by atoms with Crippen molar-refractivity contribution in [3.05, 3.63) is 98.8 Å². The van der Waals surface area contributed by atoms with Crippen LogP contribution in [-0.4, -0.2) is 42.2 Å². The number of thiazole rings is 1. The van der Waals surface area contributed by atoms with E-state index >= 15 is 0 Å². The molecule has 0 bridgehead atoms. The lowest BCUT2D eigenvalue weighted by molar-refractivity contribution is -0.384. The number of benzene rings is 3. The van der Waals surface area contributed by atoms with Gasteiger partial charge in [-0.05, 0) is 48.5 Å².